The van der Waals surface area contributed by atoms with E-state index in [1.165, 1.54) is 10.0 Å². The van der Waals surface area contributed by atoms with Crippen molar-refractivity contribution >= 4 is 21.6 Å². The van der Waals surface area contributed by atoms with Gasteiger partial charge in [-0.05, 0) is 55.3 Å². The molecule has 0 radical (unpaired) electrons. The van der Waals surface area contributed by atoms with Gasteiger partial charge in [0.25, 0.3) is 10.0 Å². The van der Waals surface area contributed by atoms with Crippen molar-refractivity contribution in [2.24, 2.45) is 0 Å². The van der Waals surface area contributed by atoms with Crippen molar-refractivity contribution in [2.45, 2.75) is 23.8 Å². The van der Waals surface area contributed by atoms with Gasteiger partial charge in [-0.15, -0.1) is 0 Å². The first-order chi connectivity index (χ1) is 12.0. The van der Waals surface area contributed by atoms with E-state index in [4.69, 9.17) is 16.0 Å². The van der Waals surface area contributed by atoms with Crippen LogP contribution in [0.25, 0.3) is 11.3 Å². The van der Waals surface area contributed by atoms with Crippen LogP contribution in [0.3, 0.4) is 0 Å². The lowest BCUT2D eigenvalue weighted by Gasteiger charge is -2.12. The predicted octanol–water partition coefficient (Wildman–Crippen LogP) is 3.85. The maximum absolute atomic E-state index is 13.3. The molecular formula is C18H17ClN2O3S. The highest BCUT2D eigenvalue weighted by atomic mass is 35.5. The number of hydrogen-bond donors (Lipinski definition) is 1. The minimum absolute atomic E-state index is 0.150. The highest BCUT2D eigenvalue weighted by Gasteiger charge is 2.32. The van der Waals surface area contributed by atoms with Crippen LogP contribution in [0.5, 0.6) is 0 Å². The fourth-order valence-electron chi connectivity index (χ4n) is 3.48. The second-order valence-electron chi connectivity index (χ2n) is 6.06. The van der Waals surface area contributed by atoms with E-state index < -0.39 is 10.0 Å². The minimum atomic E-state index is -3.76. The van der Waals surface area contributed by atoms with Gasteiger partial charge in [-0.2, -0.15) is 0 Å². The molecule has 4 rings (SSSR count). The van der Waals surface area contributed by atoms with Gasteiger partial charge in [-0.3, -0.25) is 0 Å². The molecule has 2 heterocycles. The van der Waals surface area contributed by atoms with Gasteiger partial charge in [0.2, 0.25) is 0 Å². The monoisotopic (exact) mass is 376 g/mol. The largest absolute Gasteiger partial charge is 0.472 e. The summed E-state index contributed by atoms with van der Waals surface area (Å²) >= 11 is 6.00. The molecule has 0 bridgehead atoms. The average Bonchev–Trinajstić information content (AvgIpc) is 3.30. The summed E-state index contributed by atoms with van der Waals surface area (Å²) in [5.41, 5.74) is 3.49. The molecule has 1 aliphatic rings. The van der Waals surface area contributed by atoms with Gasteiger partial charge < -0.3 is 9.73 Å². The van der Waals surface area contributed by atoms with Gasteiger partial charge in [-0.1, -0.05) is 17.7 Å². The Bertz CT molecular complexity index is 1020. The van der Waals surface area contributed by atoms with Crippen LogP contribution < -0.4 is 5.32 Å². The van der Waals surface area contributed by atoms with Crippen molar-refractivity contribution in [3.05, 3.63) is 65.2 Å². The van der Waals surface area contributed by atoms with E-state index in [0.29, 0.717) is 10.7 Å². The zero-order chi connectivity index (χ0) is 17.6. The third-order valence-corrected chi connectivity index (χ3v) is 6.56. The molecule has 7 heteroatoms. The number of aromatic nitrogens is 1. The Labute approximate surface area is 151 Å². The van der Waals surface area contributed by atoms with E-state index in [1.54, 1.807) is 43.0 Å². The lowest BCUT2D eigenvalue weighted by molar-refractivity contribution is 0.567. The summed E-state index contributed by atoms with van der Waals surface area (Å²) < 4.78 is 33.1. The van der Waals surface area contributed by atoms with Crippen LogP contribution in [0.1, 0.15) is 23.6 Å². The van der Waals surface area contributed by atoms with Gasteiger partial charge in [0.1, 0.15) is 0 Å². The summed E-state index contributed by atoms with van der Waals surface area (Å²) in [6.45, 7) is 0. The van der Waals surface area contributed by atoms with Gasteiger partial charge in [-0.25, -0.2) is 12.4 Å². The van der Waals surface area contributed by atoms with Crippen molar-refractivity contribution in [1.29, 1.82) is 0 Å². The molecule has 0 saturated carbocycles. The number of nitrogens with zero attached hydrogens (tertiary/aromatic N) is 1. The number of benzene rings is 1. The van der Waals surface area contributed by atoms with E-state index in [1.807, 2.05) is 7.05 Å². The van der Waals surface area contributed by atoms with E-state index >= 15 is 0 Å². The molecule has 0 saturated heterocycles. The van der Waals surface area contributed by atoms with Crippen LogP contribution in [0, 0.1) is 0 Å². The molecule has 3 aromatic rings. The topological polar surface area (TPSA) is 64.2 Å². The Morgan fingerprint density at radius 1 is 1.32 bits per heavy atom. The molecule has 0 spiro atoms. The van der Waals surface area contributed by atoms with Crippen LogP contribution >= 0.6 is 11.6 Å². The predicted molar refractivity (Wildman–Crippen MR) is 96.3 cm³/mol. The Morgan fingerprint density at radius 3 is 2.84 bits per heavy atom. The summed E-state index contributed by atoms with van der Waals surface area (Å²) in [4.78, 5) is 0.166. The van der Waals surface area contributed by atoms with Crippen molar-refractivity contribution in [3.63, 3.8) is 0 Å². The number of nitrogens with one attached hydrogen (secondary N) is 1. The first-order valence-corrected chi connectivity index (χ1v) is 9.79. The standard InChI is InChI=1S/C18H17ClN2O3S/c1-20-17-6-5-15-16(17)10-21(18(15)12-7-8-24-11-12)25(22,23)14-4-2-3-13(19)9-14/h2-4,7-11,17,20H,5-6H2,1H3. The molecule has 0 amide bonds. The van der Waals surface area contributed by atoms with Crippen LogP contribution in [0.15, 0.2) is 58.4 Å². The number of hydrogen-bond acceptors (Lipinski definition) is 4. The maximum atomic E-state index is 13.3. The normalized spacial score (nSPS) is 17.0. The molecule has 2 aromatic heterocycles. The molecular weight excluding hydrogens is 360 g/mol. The van der Waals surface area contributed by atoms with Crippen molar-refractivity contribution in [1.82, 2.24) is 9.29 Å². The number of halogens is 1. The van der Waals surface area contributed by atoms with E-state index in [-0.39, 0.29) is 10.9 Å². The second-order valence-corrected chi connectivity index (χ2v) is 8.31. The molecule has 130 valence electrons. The molecule has 1 aromatic carbocycles. The fraction of sp³-hybridized carbons (Fsp3) is 0.222. The van der Waals surface area contributed by atoms with Crippen molar-refractivity contribution in [2.75, 3.05) is 7.05 Å². The van der Waals surface area contributed by atoms with Gasteiger partial charge >= 0.3 is 0 Å². The Kier molecular flexibility index (Phi) is 3.98. The van der Waals surface area contributed by atoms with Crippen LogP contribution in [0.2, 0.25) is 5.02 Å². The number of rotatable bonds is 4. The van der Waals surface area contributed by atoms with Gasteiger partial charge in [0.05, 0.1) is 23.1 Å². The highest BCUT2D eigenvalue weighted by molar-refractivity contribution is 7.90. The first-order valence-electron chi connectivity index (χ1n) is 7.97. The van der Waals surface area contributed by atoms with Gasteiger partial charge in [0, 0.05) is 22.8 Å². The average molecular weight is 377 g/mol. The number of furan rings is 1. The SMILES string of the molecule is CNC1CCc2c1cn(S(=O)(=O)c1cccc(Cl)c1)c2-c1ccoc1. The number of fused-ring (bicyclic) bond motifs is 1. The molecule has 0 aliphatic heterocycles. The molecule has 5 nitrogen and oxygen atoms in total. The Morgan fingerprint density at radius 2 is 2.16 bits per heavy atom. The first kappa shape index (κ1) is 16.4. The third-order valence-electron chi connectivity index (χ3n) is 4.67. The second kappa shape index (κ2) is 6.05. The van der Waals surface area contributed by atoms with E-state index in [9.17, 15) is 8.42 Å². The van der Waals surface area contributed by atoms with Crippen LogP contribution in [-0.2, 0) is 16.4 Å². The summed E-state index contributed by atoms with van der Waals surface area (Å²) in [6, 6.07) is 8.26. The Balaban J connectivity index is 1.96. The van der Waals surface area contributed by atoms with Gasteiger partial charge in [0.15, 0.2) is 0 Å². The van der Waals surface area contributed by atoms with Crippen LogP contribution in [0.4, 0.5) is 0 Å². The lowest BCUT2D eigenvalue weighted by atomic mass is 10.1. The highest BCUT2D eigenvalue weighted by Crippen LogP contribution is 2.41. The Hall–Kier alpha value is -2.02. The third kappa shape index (κ3) is 2.61. The van der Waals surface area contributed by atoms with E-state index in [2.05, 4.69) is 5.32 Å². The molecule has 1 atom stereocenters. The van der Waals surface area contributed by atoms with Crippen LogP contribution in [-0.4, -0.2) is 19.4 Å². The molecule has 0 fully saturated rings. The smallest absolute Gasteiger partial charge is 0.268 e. The maximum Gasteiger partial charge on any atom is 0.268 e. The quantitative estimate of drug-likeness (QED) is 0.751. The molecule has 25 heavy (non-hydrogen) atoms. The minimum Gasteiger partial charge on any atom is -0.472 e. The summed E-state index contributed by atoms with van der Waals surface area (Å²) in [7, 11) is -1.88. The zero-order valence-electron chi connectivity index (χ0n) is 13.6. The molecule has 1 aliphatic carbocycles. The fourth-order valence-corrected chi connectivity index (χ4v) is 5.19. The zero-order valence-corrected chi connectivity index (χ0v) is 15.1. The van der Waals surface area contributed by atoms with Crippen molar-refractivity contribution < 1.29 is 12.8 Å². The molecule has 1 N–H and O–H groups in total. The summed E-state index contributed by atoms with van der Waals surface area (Å²) in [5, 5.41) is 3.64. The van der Waals surface area contributed by atoms with Crippen molar-refractivity contribution in [3.8, 4) is 11.3 Å². The summed E-state index contributed by atoms with van der Waals surface area (Å²) in [5.74, 6) is 0. The van der Waals surface area contributed by atoms with E-state index in [0.717, 1.165) is 29.5 Å². The summed E-state index contributed by atoms with van der Waals surface area (Å²) in [6.07, 6.45) is 6.62. The molecule has 1 unspecified atom stereocenters. The lowest BCUT2D eigenvalue weighted by Crippen LogP contribution is -2.16.